The molecule has 2 rings (SSSR count). The third-order valence-corrected chi connectivity index (χ3v) is 3.99. The van der Waals surface area contributed by atoms with Crippen LogP contribution in [-0.2, 0) is 6.42 Å². The SMILES string of the molecule is COc1ccc(Br)cc1-c1csc(CCCN)n1. The van der Waals surface area contributed by atoms with Crippen molar-refractivity contribution in [1.82, 2.24) is 4.98 Å². The molecule has 0 spiro atoms. The zero-order valence-corrected chi connectivity index (χ0v) is 12.6. The molecule has 0 bridgehead atoms. The normalized spacial score (nSPS) is 10.6. The Hall–Kier alpha value is -0.910. The van der Waals surface area contributed by atoms with Crippen molar-refractivity contribution in [3.63, 3.8) is 0 Å². The van der Waals surface area contributed by atoms with Crippen molar-refractivity contribution in [2.75, 3.05) is 13.7 Å². The van der Waals surface area contributed by atoms with Gasteiger partial charge in [-0.25, -0.2) is 4.98 Å². The quantitative estimate of drug-likeness (QED) is 0.915. The Kier molecular flexibility index (Phi) is 4.74. The molecular weight excluding hydrogens is 312 g/mol. The van der Waals surface area contributed by atoms with Gasteiger partial charge in [0.1, 0.15) is 5.75 Å². The zero-order chi connectivity index (χ0) is 13.0. The number of thiazole rings is 1. The van der Waals surface area contributed by atoms with Gasteiger partial charge in [0, 0.05) is 21.8 Å². The minimum absolute atomic E-state index is 0.703. The Morgan fingerprint density at radius 3 is 3.00 bits per heavy atom. The summed E-state index contributed by atoms with van der Waals surface area (Å²) in [4.78, 5) is 4.63. The molecule has 96 valence electrons. The maximum Gasteiger partial charge on any atom is 0.128 e. The number of nitrogens with zero attached hydrogens (tertiary/aromatic N) is 1. The highest BCUT2D eigenvalue weighted by Crippen LogP contribution is 2.33. The van der Waals surface area contributed by atoms with Gasteiger partial charge >= 0.3 is 0 Å². The number of hydrogen-bond donors (Lipinski definition) is 1. The van der Waals surface area contributed by atoms with Crippen molar-refractivity contribution in [2.24, 2.45) is 5.73 Å². The molecule has 1 heterocycles. The van der Waals surface area contributed by atoms with E-state index in [9.17, 15) is 0 Å². The standard InChI is InChI=1S/C13H15BrN2OS/c1-17-12-5-4-9(14)7-10(12)11-8-18-13(16-11)3-2-6-15/h4-5,7-8H,2-3,6,15H2,1H3. The van der Waals surface area contributed by atoms with Gasteiger partial charge in [0.2, 0.25) is 0 Å². The Morgan fingerprint density at radius 1 is 1.44 bits per heavy atom. The Morgan fingerprint density at radius 2 is 2.28 bits per heavy atom. The number of aryl methyl sites for hydroxylation is 1. The molecule has 0 aliphatic heterocycles. The van der Waals surface area contributed by atoms with Crippen molar-refractivity contribution in [3.05, 3.63) is 33.1 Å². The third kappa shape index (κ3) is 3.10. The fourth-order valence-electron chi connectivity index (χ4n) is 1.68. The molecule has 1 aromatic heterocycles. The molecule has 0 aliphatic carbocycles. The molecule has 0 saturated carbocycles. The molecule has 0 unspecified atom stereocenters. The fourth-order valence-corrected chi connectivity index (χ4v) is 2.88. The average molecular weight is 327 g/mol. The Labute approximate surface area is 119 Å². The third-order valence-electron chi connectivity index (χ3n) is 2.58. The van der Waals surface area contributed by atoms with E-state index in [4.69, 9.17) is 10.5 Å². The molecule has 0 fully saturated rings. The second kappa shape index (κ2) is 6.31. The summed E-state index contributed by atoms with van der Waals surface area (Å²) in [5.41, 5.74) is 7.49. The van der Waals surface area contributed by atoms with Crippen LogP contribution in [-0.4, -0.2) is 18.6 Å². The lowest BCUT2D eigenvalue weighted by molar-refractivity contribution is 0.416. The highest BCUT2D eigenvalue weighted by molar-refractivity contribution is 9.10. The van der Waals surface area contributed by atoms with Crippen molar-refractivity contribution in [1.29, 1.82) is 0 Å². The molecule has 2 N–H and O–H groups in total. The van der Waals surface area contributed by atoms with Gasteiger partial charge in [-0.1, -0.05) is 15.9 Å². The van der Waals surface area contributed by atoms with Crippen molar-refractivity contribution >= 4 is 27.3 Å². The van der Waals surface area contributed by atoms with E-state index < -0.39 is 0 Å². The van der Waals surface area contributed by atoms with E-state index in [0.29, 0.717) is 6.54 Å². The predicted molar refractivity (Wildman–Crippen MR) is 79.2 cm³/mol. The van der Waals surface area contributed by atoms with Gasteiger partial charge in [0.25, 0.3) is 0 Å². The Balaban J connectivity index is 2.30. The summed E-state index contributed by atoms with van der Waals surface area (Å²) in [7, 11) is 1.68. The van der Waals surface area contributed by atoms with Gasteiger partial charge < -0.3 is 10.5 Å². The number of halogens is 1. The summed E-state index contributed by atoms with van der Waals surface area (Å²) in [5.74, 6) is 0.842. The number of ether oxygens (including phenoxy) is 1. The van der Waals surface area contributed by atoms with Gasteiger partial charge in [-0.15, -0.1) is 11.3 Å². The van der Waals surface area contributed by atoms with Crippen LogP contribution in [0.4, 0.5) is 0 Å². The van der Waals surface area contributed by atoms with E-state index in [2.05, 4.69) is 26.3 Å². The highest BCUT2D eigenvalue weighted by atomic mass is 79.9. The van der Waals surface area contributed by atoms with Gasteiger partial charge in [-0.3, -0.25) is 0 Å². The maximum atomic E-state index is 5.51. The van der Waals surface area contributed by atoms with Crippen LogP contribution in [0.15, 0.2) is 28.1 Å². The smallest absolute Gasteiger partial charge is 0.128 e. The molecule has 2 aromatic rings. The van der Waals surface area contributed by atoms with E-state index in [1.54, 1.807) is 18.4 Å². The summed E-state index contributed by atoms with van der Waals surface area (Å²) < 4.78 is 6.39. The first-order valence-corrected chi connectivity index (χ1v) is 7.40. The van der Waals surface area contributed by atoms with Crippen molar-refractivity contribution in [3.8, 4) is 17.0 Å². The summed E-state index contributed by atoms with van der Waals surface area (Å²) in [5, 5.41) is 3.19. The van der Waals surface area contributed by atoms with Gasteiger partial charge in [-0.05, 0) is 31.2 Å². The van der Waals surface area contributed by atoms with Crippen LogP contribution >= 0.6 is 27.3 Å². The molecule has 0 aliphatic rings. The number of hydrogen-bond acceptors (Lipinski definition) is 4. The molecule has 1 aromatic carbocycles. The van der Waals surface area contributed by atoms with Gasteiger partial charge in [0.15, 0.2) is 0 Å². The van der Waals surface area contributed by atoms with Crippen LogP contribution in [0.3, 0.4) is 0 Å². The molecule has 0 atom stereocenters. The molecule has 18 heavy (non-hydrogen) atoms. The second-order valence-corrected chi connectivity index (χ2v) is 5.72. The molecule has 0 amide bonds. The minimum Gasteiger partial charge on any atom is -0.496 e. The number of aromatic nitrogens is 1. The van der Waals surface area contributed by atoms with Crippen LogP contribution in [0, 0.1) is 0 Å². The van der Waals surface area contributed by atoms with Gasteiger partial charge in [-0.2, -0.15) is 0 Å². The van der Waals surface area contributed by atoms with Crippen molar-refractivity contribution < 1.29 is 4.74 Å². The lowest BCUT2D eigenvalue weighted by Gasteiger charge is -2.06. The lowest BCUT2D eigenvalue weighted by atomic mass is 10.1. The fraction of sp³-hybridized carbons (Fsp3) is 0.308. The van der Waals surface area contributed by atoms with Crippen LogP contribution in [0.25, 0.3) is 11.3 Å². The summed E-state index contributed by atoms with van der Waals surface area (Å²) >= 11 is 5.15. The first-order valence-electron chi connectivity index (χ1n) is 5.73. The summed E-state index contributed by atoms with van der Waals surface area (Å²) in [6.07, 6.45) is 1.92. The molecule has 0 saturated heterocycles. The number of benzene rings is 1. The average Bonchev–Trinajstić information content (AvgIpc) is 2.85. The number of rotatable bonds is 5. The maximum absolute atomic E-state index is 5.51. The van der Waals surface area contributed by atoms with E-state index in [1.165, 1.54) is 0 Å². The summed E-state index contributed by atoms with van der Waals surface area (Å²) in [6, 6.07) is 5.93. The largest absolute Gasteiger partial charge is 0.496 e. The first kappa shape index (κ1) is 13.5. The molecule has 3 nitrogen and oxygen atoms in total. The molecular formula is C13H15BrN2OS. The minimum atomic E-state index is 0.703. The van der Waals surface area contributed by atoms with Crippen LogP contribution in [0.1, 0.15) is 11.4 Å². The van der Waals surface area contributed by atoms with Crippen LogP contribution in [0.2, 0.25) is 0 Å². The van der Waals surface area contributed by atoms with Crippen molar-refractivity contribution in [2.45, 2.75) is 12.8 Å². The van der Waals surface area contributed by atoms with E-state index in [1.807, 2.05) is 18.2 Å². The topological polar surface area (TPSA) is 48.1 Å². The van der Waals surface area contributed by atoms with Gasteiger partial charge in [0.05, 0.1) is 17.8 Å². The molecule has 0 radical (unpaired) electrons. The number of nitrogens with two attached hydrogens (primary N) is 1. The lowest BCUT2D eigenvalue weighted by Crippen LogP contribution is -2.00. The predicted octanol–water partition coefficient (Wildman–Crippen LogP) is 3.47. The highest BCUT2D eigenvalue weighted by Gasteiger charge is 2.10. The van der Waals surface area contributed by atoms with Crippen LogP contribution in [0.5, 0.6) is 5.75 Å². The monoisotopic (exact) mass is 326 g/mol. The van der Waals surface area contributed by atoms with E-state index >= 15 is 0 Å². The molecule has 5 heteroatoms. The van der Waals surface area contributed by atoms with Crippen LogP contribution < -0.4 is 10.5 Å². The van der Waals surface area contributed by atoms with E-state index in [0.717, 1.165) is 39.3 Å². The van der Waals surface area contributed by atoms with E-state index in [-0.39, 0.29) is 0 Å². The first-order chi connectivity index (χ1) is 8.74. The second-order valence-electron chi connectivity index (χ2n) is 3.86. The Bertz CT molecular complexity index is 527. The zero-order valence-electron chi connectivity index (χ0n) is 10.1. The summed E-state index contributed by atoms with van der Waals surface area (Å²) in [6.45, 7) is 0.703. The number of methoxy groups -OCH3 is 1.